The Kier molecular flexibility index (Phi) is 4.57. The maximum absolute atomic E-state index is 13.4. The Hall–Kier alpha value is -2.09. The molecule has 6 nitrogen and oxygen atoms in total. The van der Waals surface area contributed by atoms with Crippen molar-refractivity contribution in [3.63, 3.8) is 0 Å². The van der Waals surface area contributed by atoms with Crippen LogP contribution < -0.4 is 5.32 Å². The van der Waals surface area contributed by atoms with Gasteiger partial charge in [-0.1, -0.05) is 17.8 Å². The third kappa shape index (κ3) is 3.70. The fourth-order valence-electron chi connectivity index (χ4n) is 1.55. The first-order chi connectivity index (χ1) is 9.56. The second-order valence-electron chi connectivity index (χ2n) is 4.00. The number of nitrogens with zero attached hydrogens (tertiary/aromatic N) is 1. The molecule has 1 aromatic heterocycles. The van der Waals surface area contributed by atoms with Gasteiger partial charge in [0.2, 0.25) is 5.91 Å². The molecular weight excluding hydrogens is 285 g/mol. The molecule has 0 aliphatic heterocycles. The highest BCUT2D eigenvalue weighted by Gasteiger charge is 2.13. The topological polar surface area (TPSA) is 95.1 Å². The maximum atomic E-state index is 13.4. The first kappa shape index (κ1) is 14.3. The molecule has 3 N–H and O–H groups in total. The van der Waals surface area contributed by atoms with Gasteiger partial charge in [0.25, 0.3) is 0 Å². The summed E-state index contributed by atoms with van der Waals surface area (Å²) >= 11 is 1.05. The summed E-state index contributed by atoms with van der Waals surface area (Å²) in [4.78, 5) is 28.7. The zero-order chi connectivity index (χ0) is 14.5. The van der Waals surface area contributed by atoms with Gasteiger partial charge in [-0.3, -0.25) is 4.79 Å². The molecular formula is C12H12FN3O3S. The minimum absolute atomic E-state index is 0.0111. The van der Waals surface area contributed by atoms with Crippen molar-refractivity contribution in [3.05, 3.63) is 35.6 Å². The van der Waals surface area contributed by atoms with Crippen molar-refractivity contribution in [2.24, 2.45) is 0 Å². The molecule has 0 bridgehead atoms. The summed E-state index contributed by atoms with van der Waals surface area (Å²) in [6, 6.07) is 0. The van der Waals surface area contributed by atoms with Crippen molar-refractivity contribution >= 4 is 23.6 Å². The smallest absolute Gasteiger partial charge is 0.353 e. The molecule has 0 radical (unpaired) electrons. The number of aromatic nitrogens is 2. The molecule has 106 valence electrons. The zero-order valence-corrected chi connectivity index (χ0v) is 11.2. The fourth-order valence-corrected chi connectivity index (χ4v) is 2.20. The lowest BCUT2D eigenvalue weighted by Gasteiger charge is -2.10. The van der Waals surface area contributed by atoms with Gasteiger partial charge in [-0.05, 0) is 12.5 Å². The summed E-state index contributed by atoms with van der Waals surface area (Å²) < 4.78 is 13.4. The van der Waals surface area contributed by atoms with Crippen LogP contribution in [0.15, 0.2) is 35.0 Å². The summed E-state index contributed by atoms with van der Waals surface area (Å²) in [5, 5.41) is 11.5. The minimum atomic E-state index is -1.12. The van der Waals surface area contributed by atoms with E-state index in [0.29, 0.717) is 18.0 Å². The van der Waals surface area contributed by atoms with Crippen LogP contribution in [0.5, 0.6) is 0 Å². The van der Waals surface area contributed by atoms with Crippen molar-refractivity contribution in [1.29, 1.82) is 0 Å². The summed E-state index contributed by atoms with van der Waals surface area (Å²) in [6.45, 7) is 0. The Morgan fingerprint density at radius 3 is 3.00 bits per heavy atom. The van der Waals surface area contributed by atoms with Crippen LogP contribution >= 0.6 is 11.8 Å². The number of aromatic amines is 1. The molecule has 20 heavy (non-hydrogen) atoms. The number of H-pyrrole nitrogens is 1. The number of thioether (sulfide) groups is 1. The van der Waals surface area contributed by atoms with E-state index in [4.69, 9.17) is 5.11 Å². The molecule has 0 atom stereocenters. The van der Waals surface area contributed by atoms with Crippen LogP contribution in [0.25, 0.3) is 0 Å². The van der Waals surface area contributed by atoms with E-state index in [1.807, 2.05) is 0 Å². The zero-order valence-electron chi connectivity index (χ0n) is 10.4. The Balaban J connectivity index is 1.86. The van der Waals surface area contributed by atoms with Gasteiger partial charge in [-0.25, -0.2) is 14.2 Å². The van der Waals surface area contributed by atoms with E-state index in [1.165, 1.54) is 12.3 Å². The van der Waals surface area contributed by atoms with Crippen LogP contribution in [0.1, 0.15) is 23.3 Å². The number of carbonyl (C=O) groups excluding carboxylic acids is 1. The van der Waals surface area contributed by atoms with Gasteiger partial charge in [-0.15, -0.1) is 0 Å². The molecule has 0 saturated heterocycles. The van der Waals surface area contributed by atoms with E-state index in [0.717, 1.165) is 11.8 Å². The Bertz CT molecular complexity index is 595. The molecule has 1 heterocycles. The molecule has 1 aliphatic rings. The monoisotopic (exact) mass is 297 g/mol. The number of rotatable bonds is 5. The van der Waals surface area contributed by atoms with Gasteiger partial charge in [0.1, 0.15) is 11.5 Å². The lowest BCUT2D eigenvalue weighted by atomic mass is 10.1. The number of imidazole rings is 1. The molecule has 0 saturated carbocycles. The van der Waals surface area contributed by atoms with Gasteiger partial charge >= 0.3 is 5.97 Å². The highest BCUT2D eigenvalue weighted by molar-refractivity contribution is 7.99. The molecule has 0 aromatic carbocycles. The quantitative estimate of drug-likeness (QED) is 0.721. The van der Waals surface area contributed by atoms with E-state index >= 15 is 0 Å². The fraction of sp³-hybridized carbons (Fsp3) is 0.250. The average molecular weight is 297 g/mol. The number of carbonyl (C=O) groups is 2. The predicted molar refractivity (Wildman–Crippen MR) is 70.9 cm³/mol. The lowest BCUT2D eigenvalue weighted by Crippen LogP contribution is -2.25. The van der Waals surface area contributed by atoms with Crippen molar-refractivity contribution < 1.29 is 19.1 Å². The van der Waals surface area contributed by atoms with E-state index < -0.39 is 5.97 Å². The Labute approximate surface area is 118 Å². The summed E-state index contributed by atoms with van der Waals surface area (Å²) in [5.41, 5.74) is 0.143. The normalized spacial score (nSPS) is 14.4. The maximum Gasteiger partial charge on any atom is 0.353 e. The molecule has 8 heteroatoms. The Morgan fingerprint density at radius 2 is 2.35 bits per heavy atom. The van der Waals surface area contributed by atoms with Crippen LogP contribution in [0.4, 0.5) is 4.39 Å². The third-order valence-corrected chi connectivity index (χ3v) is 3.39. The number of amides is 1. The SMILES string of the molecule is O=C(CSc1ncc(C(=O)O)[nH]1)NC1=C(F)CCC=C1. The van der Waals surface area contributed by atoms with Crippen molar-refractivity contribution in [1.82, 2.24) is 15.3 Å². The summed E-state index contributed by atoms with van der Waals surface area (Å²) in [7, 11) is 0. The van der Waals surface area contributed by atoms with Gasteiger partial charge < -0.3 is 15.4 Å². The first-order valence-electron chi connectivity index (χ1n) is 5.82. The molecule has 0 unspecified atom stereocenters. The first-order valence-corrected chi connectivity index (χ1v) is 6.81. The molecule has 1 aromatic rings. The molecule has 1 aliphatic carbocycles. The van der Waals surface area contributed by atoms with Crippen molar-refractivity contribution in [3.8, 4) is 0 Å². The number of nitrogens with one attached hydrogen (secondary N) is 2. The van der Waals surface area contributed by atoms with Gasteiger partial charge in [-0.2, -0.15) is 0 Å². The highest BCUT2D eigenvalue weighted by Crippen LogP contribution is 2.18. The third-order valence-electron chi connectivity index (χ3n) is 2.50. The van der Waals surface area contributed by atoms with Crippen molar-refractivity contribution in [2.75, 3.05) is 5.75 Å². The largest absolute Gasteiger partial charge is 0.477 e. The van der Waals surface area contributed by atoms with Crippen LogP contribution in [0, 0.1) is 0 Å². The molecule has 2 rings (SSSR count). The number of allylic oxidation sites excluding steroid dienone is 3. The predicted octanol–water partition coefficient (Wildman–Crippen LogP) is 1.85. The summed E-state index contributed by atoms with van der Waals surface area (Å²) in [6.07, 6.45) is 5.42. The Morgan fingerprint density at radius 1 is 1.55 bits per heavy atom. The molecule has 0 spiro atoms. The van der Waals surface area contributed by atoms with E-state index in [2.05, 4.69) is 15.3 Å². The standard InChI is InChI=1S/C12H12FN3O3S/c13-7-3-1-2-4-8(7)15-10(17)6-20-12-14-5-9(16-12)11(18)19/h2,4-5H,1,3,6H2,(H,14,16)(H,15,17)(H,18,19). The second-order valence-corrected chi connectivity index (χ2v) is 4.97. The summed E-state index contributed by atoms with van der Waals surface area (Å²) in [5.74, 6) is -1.82. The van der Waals surface area contributed by atoms with Crippen LogP contribution in [-0.4, -0.2) is 32.7 Å². The van der Waals surface area contributed by atoms with E-state index in [1.54, 1.807) is 6.08 Å². The molecule has 0 fully saturated rings. The second kappa shape index (κ2) is 6.38. The van der Waals surface area contributed by atoms with Crippen LogP contribution in [0.3, 0.4) is 0 Å². The number of aromatic carboxylic acids is 1. The van der Waals surface area contributed by atoms with E-state index in [9.17, 15) is 14.0 Å². The molecule has 1 amide bonds. The lowest BCUT2D eigenvalue weighted by molar-refractivity contribution is -0.117. The van der Waals surface area contributed by atoms with Crippen LogP contribution in [-0.2, 0) is 4.79 Å². The number of hydrogen-bond acceptors (Lipinski definition) is 4. The van der Waals surface area contributed by atoms with Gasteiger partial charge in [0.15, 0.2) is 5.16 Å². The van der Waals surface area contributed by atoms with Crippen molar-refractivity contribution in [2.45, 2.75) is 18.0 Å². The number of carboxylic acid groups (broad SMARTS) is 1. The van der Waals surface area contributed by atoms with Gasteiger partial charge in [0, 0.05) is 6.42 Å². The highest BCUT2D eigenvalue weighted by atomic mass is 32.2. The average Bonchev–Trinajstić information content (AvgIpc) is 2.88. The van der Waals surface area contributed by atoms with E-state index in [-0.39, 0.29) is 28.9 Å². The number of halogens is 1. The van der Waals surface area contributed by atoms with Crippen LogP contribution in [0.2, 0.25) is 0 Å². The number of hydrogen-bond donors (Lipinski definition) is 3. The number of carboxylic acids is 1. The van der Waals surface area contributed by atoms with Gasteiger partial charge in [0.05, 0.1) is 17.6 Å². The minimum Gasteiger partial charge on any atom is -0.477 e.